The Labute approximate surface area is 93.2 Å². The molecule has 70 valence electrons. The predicted octanol–water partition coefficient (Wildman–Crippen LogP) is 2.64. The van der Waals surface area contributed by atoms with E-state index in [0.29, 0.717) is 6.61 Å². The second-order valence-electron chi connectivity index (χ2n) is 2.95. The third-order valence-electron chi connectivity index (χ3n) is 2.03. The lowest BCUT2D eigenvalue weighted by Crippen LogP contribution is -2.25. The fourth-order valence-corrected chi connectivity index (χ4v) is 2.13. The molecule has 1 aliphatic heterocycles. The van der Waals surface area contributed by atoms with Crippen molar-refractivity contribution in [2.75, 3.05) is 6.61 Å². The summed E-state index contributed by atoms with van der Waals surface area (Å²) in [7, 11) is 0. The van der Waals surface area contributed by atoms with Gasteiger partial charge in [-0.05, 0) is 18.2 Å². The first kappa shape index (κ1) is 9.49. The van der Waals surface area contributed by atoms with Crippen LogP contribution in [0, 0.1) is 0 Å². The van der Waals surface area contributed by atoms with Crippen molar-refractivity contribution in [3.8, 4) is 5.75 Å². The molecule has 0 bridgehead atoms. The zero-order valence-corrected chi connectivity index (χ0v) is 9.88. The number of hydrogen-bond donors (Lipinski definition) is 1. The molecule has 0 spiro atoms. The van der Waals surface area contributed by atoms with E-state index in [1.165, 1.54) is 0 Å². The molecule has 0 aromatic heterocycles. The monoisotopic (exact) mass is 306 g/mol. The predicted molar refractivity (Wildman–Crippen MR) is 57.3 cm³/mol. The van der Waals surface area contributed by atoms with E-state index in [-0.39, 0.29) is 4.83 Å². The van der Waals surface area contributed by atoms with Crippen LogP contribution in [0.1, 0.15) is 11.7 Å². The number of halogens is 2. The van der Waals surface area contributed by atoms with Crippen LogP contribution in [0.5, 0.6) is 5.75 Å². The van der Waals surface area contributed by atoms with Crippen LogP contribution in [0.4, 0.5) is 0 Å². The molecular formula is C9H8Br2O2. The summed E-state index contributed by atoms with van der Waals surface area (Å²) in [6, 6.07) is 5.65. The molecule has 1 aromatic rings. The van der Waals surface area contributed by atoms with Gasteiger partial charge in [0.05, 0.1) is 10.9 Å². The number of hydrogen-bond acceptors (Lipinski definition) is 2. The van der Waals surface area contributed by atoms with Gasteiger partial charge in [-0.25, -0.2) is 0 Å². The van der Waals surface area contributed by atoms with Crippen LogP contribution >= 0.6 is 31.9 Å². The van der Waals surface area contributed by atoms with Gasteiger partial charge in [-0.3, -0.25) is 0 Å². The van der Waals surface area contributed by atoms with Gasteiger partial charge in [0, 0.05) is 10.0 Å². The van der Waals surface area contributed by atoms with E-state index in [4.69, 9.17) is 4.74 Å². The molecule has 0 amide bonds. The largest absolute Gasteiger partial charge is 0.492 e. The number of fused-ring (bicyclic) bond motifs is 1. The molecule has 2 atom stereocenters. The third kappa shape index (κ3) is 1.75. The molecule has 4 heteroatoms. The lowest BCUT2D eigenvalue weighted by atomic mass is 10.0. The molecule has 0 radical (unpaired) electrons. The Morgan fingerprint density at radius 2 is 2.23 bits per heavy atom. The quantitative estimate of drug-likeness (QED) is 0.747. The molecule has 1 N–H and O–H groups in total. The van der Waals surface area contributed by atoms with Crippen LogP contribution in [0.2, 0.25) is 0 Å². The first-order valence-electron chi connectivity index (χ1n) is 3.93. The average Bonchev–Trinajstić information content (AvgIpc) is 2.12. The lowest BCUT2D eigenvalue weighted by molar-refractivity contribution is 0.125. The zero-order valence-electron chi connectivity index (χ0n) is 6.71. The van der Waals surface area contributed by atoms with E-state index in [9.17, 15) is 5.11 Å². The number of aliphatic hydroxyl groups excluding tert-OH is 1. The van der Waals surface area contributed by atoms with Crippen molar-refractivity contribution in [3.05, 3.63) is 28.2 Å². The van der Waals surface area contributed by atoms with E-state index in [0.717, 1.165) is 15.8 Å². The topological polar surface area (TPSA) is 29.5 Å². The molecule has 0 saturated carbocycles. The van der Waals surface area contributed by atoms with Gasteiger partial charge in [-0.2, -0.15) is 0 Å². The Morgan fingerprint density at radius 3 is 3.00 bits per heavy atom. The van der Waals surface area contributed by atoms with Crippen molar-refractivity contribution in [1.82, 2.24) is 0 Å². The van der Waals surface area contributed by atoms with E-state index in [2.05, 4.69) is 31.9 Å². The maximum Gasteiger partial charge on any atom is 0.125 e. The summed E-state index contributed by atoms with van der Waals surface area (Å²) in [5.41, 5.74) is 0.836. The standard InChI is InChI=1S/C9H8Br2O2/c10-5-1-2-8-6(3-5)9(12)7(11)4-13-8/h1-3,7,9,12H,4H2. The summed E-state index contributed by atoms with van der Waals surface area (Å²) in [5, 5.41) is 9.81. The molecule has 13 heavy (non-hydrogen) atoms. The van der Waals surface area contributed by atoms with Gasteiger partial charge in [0.1, 0.15) is 12.4 Å². The third-order valence-corrected chi connectivity index (χ3v) is 3.29. The van der Waals surface area contributed by atoms with E-state index >= 15 is 0 Å². The van der Waals surface area contributed by atoms with Gasteiger partial charge in [0.15, 0.2) is 0 Å². The van der Waals surface area contributed by atoms with E-state index in [1.54, 1.807) is 0 Å². The van der Waals surface area contributed by atoms with Gasteiger partial charge >= 0.3 is 0 Å². The maximum atomic E-state index is 9.81. The minimum absolute atomic E-state index is 0.0192. The van der Waals surface area contributed by atoms with E-state index in [1.807, 2.05) is 18.2 Å². The van der Waals surface area contributed by atoms with Crippen LogP contribution in [0.15, 0.2) is 22.7 Å². The van der Waals surface area contributed by atoms with Crippen molar-refractivity contribution < 1.29 is 9.84 Å². The molecule has 2 nitrogen and oxygen atoms in total. The van der Waals surface area contributed by atoms with Gasteiger partial charge in [-0.15, -0.1) is 0 Å². The summed E-state index contributed by atoms with van der Waals surface area (Å²) < 4.78 is 6.39. The summed E-state index contributed by atoms with van der Waals surface area (Å²) in [6.07, 6.45) is -0.485. The first-order valence-corrected chi connectivity index (χ1v) is 5.64. The van der Waals surface area contributed by atoms with Crippen molar-refractivity contribution in [2.45, 2.75) is 10.9 Å². The highest BCUT2D eigenvalue weighted by Crippen LogP contribution is 2.36. The Kier molecular flexibility index (Phi) is 2.62. The van der Waals surface area contributed by atoms with Crippen LogP contribution in [-0.2, 0) is 0 Å². The van der Waals surface area contributed by atoms with E-state index < -0.39 is 6.10 Å². The second-order valence-corrected chi connectivity index (χ2v) is 5.05. The maximum absolute atomic E-state index is 9.81. The minimum atomic E-state index is -0.485. The molecule has 0 fully saturated rings. The number of rotatable bonds is 0. The van der Waals surface area contributed by atoms with Gasteiger partial charge in [0.25, 0.3) is 0 Å². The fraction of sp³-hybridized carbons (Fsp3) is 0.333. The Bertz CT molecular complexity index is 327. The van der Waals surface area contributed by atoms with Crippen LogP contribution in [0.3, 0.4) is 0 Å². The number of aliphatic hydroxyl groups is 1. The average molecular weight is 308 g/mol. The van der Waals surface area contributed by atoms with Crippen molar-refractivity contribution in [1.29, 1.82) is 0 Å². The fourth-order valence-electron chi connectivity index (χ4n) is 1.34. The second kappa shape index (κ2) is 3.59. The highest BCUT2D eigenvalue weighted by Gasteiger charge is 2.27. The molecule has 2 rings (SSSR count). The normalized spacial score (nSPS) is 26.4. The van der Waals surface area contributed by atoms with Gasteiger partial charge in [-0.1, -0.05) is 31.9 Å². The van der Waals surface area contributed by atoms with Crippen molar-refractivity contribution in [2.24, 2.45) is 0 Å². The zero-order chi connectivity index (χ0) is 9.42. The summed E-state index contributed by atoms with van der Waals surface area (Å²) in [5.74, 6) is 0.770. The summed E-state index contributed by atoms with van der Waals surface area (Å²) in [4.78, 5) is -0.0192. The Morgan fingerprint density at radius 1 is 1.46 bits per heavy atom. The number of ether oxygens (including phenoxy) is 1. The Balaban J connectivity index is 2.45. The number of alkyl halides is 1. The minimum Gasteiger partial charge on any atom is -0.492 e. The van der Waals surface area contributed by atoms with Gasteiger partial charge < -0.3 is 9.84 Å². The van der Waals surface area contributed by atoms with Crippen LogP contribution in [0.25, 0.3) is 0 Å². The molecule has 1 aliphatic rings. The molecule has 2 unspecified atom stereocenters. The van der Waals surface area contributed by atoms with Crippen LogP contribution < -0.4 is 4.74 Å². The SMILES string of the molecule is OC1c2cc(Br)ccc2OCC1Br. The lowest BCUT2D eigenvalue weighted by Gasteiger charge is -2.26. The molecule has 0 saturated heterocycles. The summed E-state index contributed by atoms with van der Waals surface area (Å²) in [6.45, 7) is 0.510. The highest BCUT2D eigenvalue weighted by atomic mass is 79.9. The van der Waals surface area contributed by atoms with Crippen molar-refractivity contribution >= 4 is 31.9 Å². The number of benzene rings is 1. The smallest absolute Gasteiger partial charge is 0.125 e. The Hall–Kier alpha value is -0.0600. The molecule has 1 heterocycles. The summed E-state index contributed by atoms with van der Waals surface area (Å²) >= 11 is 6.71. The highest BCUT2D eigenvalue weighted by molar-refractivity contribution is 9.10. The molecular weight excluding hydrogens is 300 g/mol. The molecule has 1 aromatic carbocycles. The van der Waals surface area contributed by atoms with Crippen LogP contribution in [-0.4, -0.2) is 16.5 Å². The first-order chi connectivity index (χ1) is 6.18. The van der Waals surface area contributed by atoms with Crippen molar-refractivity contribution in [3.63, 3.8) is 0 Å². The van der Waals surface area contributed by atoms with Gasteiger partial charge in [0.2, 0.25) is 0 Å². The molecule has 0 aliphatic carbocycles.